The molecular weight excluding hydrogens is 292 g/mol. The monoisotopic (exact) mass is 318 g/mol. The van der Waals surface area contributed by atoms with E-state index < -0.39 is 12.1 Å². The number of carbonyl (C=O) groups excluding carboxylic acids is 2. The molecule has 0 saturated carbocycles. The number of piperidine rings is 1. The van der Waals surface area contributed by atoms with Gasteiger partial charge in [0.25, 0.3) is 0 Å². The van der Waals surface area contributed by atoms with E-state index in [1.54, 1.807) is 23.8 Å². The number of aliphatic hydroxyl groups excluding tert-OH is 1. The highest BCUT2D eigenvalue weighted by Gasteiger charge is 2.34. The van der Waals surface area contributed by atoms with Crippen molar-refractivity contribution in [2.45, 2.75) is 44.8 Å². The van der Waals surface area contributed by atoms with Crippen LogP contribution in [0.3, 0.4) is 0 Å². The summed E-state index contributed by atoms with van der Waals surface area (Å²) in [6, 6.07) is 8.91. The molecular formula is C18H26N2O3. The number of carbonyl (C=O) groups is 2. The summed E-state index contributed by atoms with van der Waals surface area (Å²) >= 11 is 0. The van der Waals surface area contributed by atoms with Crippen molar-refractivity contribution in [2.24, 2.45) is 0 Å². The molecule has 1 aromatic carbocycles. The van der Waals surface area contributed by atoms with E-state index in [9.17, 15) is 14.7 Å². The van der Waals surface area contributed by atoms with E-state index in [1.165, 1.54) is 0 Å². The molecule has 2 rings (SSSR count). The lowest BCUT2D eigenvalue weighted by molar-refractivity contribution is -0.147. The van der Waals surface area contributed by atoms with Gasteiger partial charge in [-0.15, -0.1) is 0 Å². The minimum Gasteiger partial charge on any atom is -0.393 e. The molecule has 5 heteroatoms. The first-order chi connectivity index (χ1) is 11.0. The Morgan fingerprint density at radius 2 is 2.00 bits per heavy atom. The van der Waals surface area contributed by atoms with Gasteiger partial charge in [0.2, 0.25) is 11.8 Å². The van der Waals surface area contributed by atoms with Crippen molar-refractivity contribution in [3.63, 3.8) is 0 Å². The van der Waals surface area contributed by atoms with Gasteiger partial charge in [-0.2, -0.15) is 0 Å². The molecule has 0 bridgehead atoms. The second kappa shape index (κ2) is 8.11. The van der Waals surface area contributed by atoms with Crippen molar-refractivity contribution in [1.82, 2.24) is 9.80 Å². The molecule has 23 heavy (non-hydrogen) atoms. The molecule has 2 atom stereocenters. The first-order valence-corrected chi connectivity index (χ1v) is 8.28. The van der Waals surface area contributed by atoms with Gasteiger partial charge in [-0.3, -0.25) is 9.59 Å². The van der Waals surface area contributed by atoms with Crippen LogP contribution in [0.4, 0.5) is 0 Å². The van der Waals surface area contributed by atoms with Gasteiger partial charge in [-0.25, -0.2) is 0 Å². The number of benzene rings is 1. The normalized spacial score (nSPS) is 17.7. The third-order valence-corrected chi connectivity index (χ3v) is 4.28. The quantitative estimate of drug-likeness (QED) is 0.872. The topological polar surface area (TPSA) is 60.9 Å². The third kappa shape index (κ3) is 4.55. The van der Waals surface area contributed by atoms with Crippen molar-refractivity contribution in [1.29, 1.82) is 0 Å². The van der Waals surface area contributed by atoms with E-state index >= 15 is 0 Å². The SMILES string of the molecule is CC(O)CCN(C)C(=O)C(c1ccccc1)N1CCCCC1=O. The number of hydrogen-bond acceptors (Lipinski definition) is 3. The second-order valence-corrected chi connectivity index (χ2v) is 6.25. The number of likely N-dealkylation sites (tertiary alicyclic amines) is 1. The fourth-order valence-corrected chi connectivity index (χ4v) is 2.89. The Balaban J connectivity index is 2.22. The van der Waals surface area contributed by atoms with Gasteiger partial charge < -0.3 is 14.9 Å². The zero-order valence-electron chi connectivity index (χ0n) is 13.9. The lowest BCUT2D eigenvalue weighted by Crippen LogP contribution is -2.46. The van der Waals surface area contributed by atoms with E-state index in [4.69, 9.17) is 0 Å². The number of likely N-dealkylation sites (N-methyl/N-ethyl adjacent to an activating group) is 1. The average molecular weight is 318 g/mol. The number of nitrogens with zero attached hydrogens (tertiary/aromatic N) is 2. The maximum absolute atomic E-state index is 13.0. The van der Waals surface area contributed by atoms with Gasteiger partial charge in [0.15, 0.2) is 0 Å². The molecule has 1 saturated heterocycles. The molecule has 126 valence electrons. The molecule has 1 aliphatic heterocycles. The zero-order chi connectivity index (χ0) is 16.8. The molecule has 0 spiro atoms. The first-order valence-electron chi connectivity index (χ1n) is 8.28. The Morgan fingerprint density at radius 3 is 2.61 bits per heavy atom. The van der Waals surface area contributed by atoms with Crippen molar-refractivity contribution >= 4 is 11.8 Å². The number of hydrogen-bond donors (Lipinski definition) is 1. The van der Waals surface area contributed by atoms with Gasteiger partial charge in [-0.1, -0.05) is 30.3 Å². The molecule has 5 nitrogen and oxygen atoms in total. The van der Waals surface area contributed by atoms with Crippen molar-refractivity contribution in [3.05, 3.63) is 35.9 Å². The highest BCUT2D eigenvalue weighted by molar-refractivity contribution is 5.89. The van der Waals surface area contributed by atoms with Crippen LogP contribution in [0.2, 0.25) is 0 Å². The lowest BCUT2D eigenvalue weighted by atomic mass is 10.00. The fraction of sp³-hybridized carbons (Fsp3) is 0.556. The summed E-state index contributed by atoms with van der Waals surface area (Å²) in [6.07, 6.45) is 2.41. The van der Waals surface area contributed by atoms with Crippen LogP contribution >= 0.6 is 0 Å². The standard InChI is InChI=1S/C18H26N2O3/c1-14(21)11-13-19(2)18(23)17(15-8-4-3-5-9-15)20-12-7-6-10-16(20)22/h3-5,8-9,14,17,21H,6-7,10-13H2,1-2H3. The second-order valence-electron chi connectivity index (χ2n) is 6.25. The molecule has 0 aromatic heterocycles. The smallest absolute Gasteiger partial charge is 0.249 e. The Morgan fingerprint density at radius 1 is 1.30 bits per heavy atom. The molecule has 1 N–H and O–H groups in total. The van der Waals surface area contributed by atoms with E-state index in [0.29, 0.717) is 25.9 Å². The Bertz CT molecular complexity index is 530. The molecule has 0 aliphatic carbocycles. The summed E-state index contributed by atoms with van der Waals surface area (Å²) in [5, 5.41) is 9.43. The van der Waals surface area contributed by atoms with Crippen LogP contribution in [0.1, 0.15) is 44.2 Å². The maximum Gasteiger partial charge on any atom is 0.249 e. The molecule has 2 unspecified atom stereocenters. The summed E-state index contributed by atoms with van der Waals surface area (Å²) in [4.78, 5) is 28.6. The van der Waals surface area contributed by atoms with Gasteiger partial charge in [0, 0.05) is 26.6 Å². The molecule has 1 aromatic rings. The highest BCUT2D eigenvalue weighted by atomic mass is 16.3. The Labute approximate surface area is 137 Å². The van der Waals surface area contributed by atoms with E-state index in [1.807, 2.05) is 30.3 Å². The van der Waals surface area contributed by atoms with Gasteiger partial charge in [-0.05, 0) is 31.7 Å². The summed E-state index contributed by atoms with van der Waals surface area (Å²) in [6.45, 7) is 2.80. The minimum atomic E-state index is -0.567. The Kier molecular flexibility index (Phi) is 6.16. The van der Waals surface area contributed by atoms with Crippen molar-refractivity contribution in [2.75, 3.05) is 20.1 Å². The third-order valence-electron chi connectivity index (χ3n) is 4.28. The number of rotatable bonds is 6. The highest BCUT2D eigenvalue weighted by Crippen LogP contribution is 2.27. The molecule has 1 aliphatic rings. The summed E-state index contributed by atoms with van der Waals surface area (Å²) in [7, 11) is 1.73. The van der Waals surface area contributed by atoms with Crippen LogP contribution in [-0.2, 0) is 9.59 Å². The van der Waals surface area contributed by atoms with Crippen LogP contribution in [0, 0.1) is 0 Å². The van der Waals surface area contributed by atoms with Gasteiger partial charge >= 0.3 is 0 Å². The molecule has 0 radical (unpaired) electrons. The lowest BCUT2D eigenvalue weighted by Gasteiger charge is -2.36. The summed E-state index contributed by atoms with van der Waals surface area (Å²) in [5.74, 6) is -0.0468. The summed E-state index contributed by atoms with van der Waals surface area (Å²) in [5.41, 5.74) is 0.844. The summed E-state index contributed by atoms with van der Waals surface area (Å²) < 4.78 is 0. The van der Waals surface area contributed by atoms with Crippen LogP contribution < -0.4 is 0 Å². The van der Waals surface area contributed by atoms with E-state index in [0.717, 1.165) is 18.4 Å². The molecule has 1 fully saturated rings. The largest absolute Gasteiger partial charge is 0.393 e. The average Bonchev–Trinajstić information content (AvgIpc) is 2.55. The van der Waals surface area contributed by atoms with Crippen LogP contribution in [0.15, 0.2) is 30.3 Å². The maximum atomic E-state index is 13.0. The number of amides is 2. The van der Waals surface area contributed by atoms with Gasteiger partial charge in [0.05, 0.1) is 6.10 Å². The molecule has 1 heterocycles. The van der Waals surface area contributed by atoms with E-state index in [-0.39, 0.29) is 11.8 Å². The predicted molar refractivity (Wildman–Crippen MR) is 88.7 cm³/mol. The fourth-order valence-electron chi connectivity index (χ4n) is 2.89. The first kappa shape index (κ1) is 17.5. The number of aliphatic hydroxyl groups is 1. The Hall–Kier alpha value is -1.88. The van der Waals surface area contributed by atoms with Crippen molar-refractivity contribution < 1.29 is 14.7 Å². The van der Waals surface area contributed by atoms with E-state index in [2.05, 4.69) is 0 Å². The van der Waals surface area contributed by atoms with Crippen LogP contribution in [-0.4, -0.2) is 53.0 Å². The van der Waals surface area contributed by atoms with Crippen molar-refractivity contribution in [3.8, 4) is 0 Å². The van der Waals surface area contributed by atoms with Gasteiger partial charge in [0.1, 0.15) is 6.04 Å². The molecule has 2 amide bonds. The minimum absolute atomic E-state index is 0.0439. The predicted octanol–water partition coefficient (Wildman–Crippen LogP) is 1.97. The van der Waals surface area contributed by atoms with Crippen LogP contribution in [0.25, 0.3) is 0 Å². The zero-order valence-corrected chi connectivity index (χ0v) is 13.9. The van der Waals surface area contributed by atoms with Crippen LogP contribution in [0.5, 0.6) is 0 Å².